The van der Waals surface area contributed by atoms with Gasteiger partial charge < -0.3 is 15.4 Å². The van der Waals surface area contributed by atoms with E-state index in [-0.39, 0.29) is 0 Å². The first-order valence-electron chi connectivity index (χ1n) is 5.90. The van der Waals surface area contributed by atoms with Gasteiger partial charge in [0.15, 0.2) is 0 Å². The molecule has 0 spiro atoms. The molecule has 2 N–H and O–H groups in total. The van der Waals surface area contributed by atoms with Crippen molar-refractivity contribution in [2.75, 3.05) is 32.8 Å². The van der Waals surface area contributed by atoms with E-state index in [2.05, 4.69) is 4.90 Å². The second-order valence-corrected chi connectivity index (χ2v) is 4.72. The molecule has 3 nitrogen and oxygen atoms in total. The predicted molar refractivity (Wildman–Crippen MR) is 57.2 cm³/mol. The molecule has 0 aromatic heterocycles. The van der Waals surface area contributed by atoms with E-state index in [0.29, 0.717) is 6.04 Å². The van der Waals surface area contributed by atoms with Crippen LogP contribution in [0.2, 0.25) is 0 Å². The molecule has 2 atom stereocenters. The van der Waals surface area contributed by atoms with Gasteiger partial charge in [0.2, 0.25) is 0 Å². The van der Waals surface area contributed by atoms with Gasteiger partial charge in [-0.3, -0.25) is 0 Å². The summed E-state index contributed by atoms with van der Waals surface area (Å²) in [6.45, 7) is 5.54. The van der Waals surface area contributed by atoms with E-state index in [1.807, 2.05) is 0 Å². The number of hydrogen-bond donors (Lipinski definition) is 1. The topological polar surface area (TPSA) is 38.5 Å². The number of rotatable bonds is 3. The smallest absolute Gasteiger partial charge is 0.0495 e. The molecule has 2 aliphatic heterocycles. The van der Waals surface area contributed by atoms with Crippen molar-refractivity contribution in [3.8, 4) is 0 Å². The van der Waals surface area contributed by atoms with Crippen LogP contribution < -0.4 is 5.73 Å². The highest BCUT2D eigenvalue weighted by molar-refractivity contribution is 4.76. The zero-order valence-corrected chi connectivity index (χ0v) is 8.95. The molecule has 82 valence electrons. The Labute approximate surface area is 86.6 Å². The summed E-state index contributed by atoms with van der Waals surface area (Å²) in [6, 6.07) is 0.420. The van der Waals surface area contributed by atoms with Crippen LogP contribution in [0.15, 0.2) is 0 Å². The summed E-state index contributed by atoms with van der Waals surface area (Å²) in [5, 5.41) is 0. The lowest BCUT2D eigenvalue weighted by molar-refractivity contribution is 0.168. The average Bonchev–Trinajstić information content (AvgIpc) is 2.67. The van der Waals surface area contributed by atoms with E-state index in [1.54, 1.807) is 0 Å². The molecular weight excluding hydrogens is 176 g/mol. The van der Waals surface area contributed by atoms with Gasteiger partial charge in [-0.2, -0.15) is 0 Å². The largest absolute Gasteiger partial charge is 0.381 e. The lowest BCUT2D eigenvalue weighted by Crippen LogP contribution is -2.43. The lowest BCUT2D eigenvalue weighted by Gasteiger charge is -2.31. The molecule has 2 heterocycles. The standard InChI is InChI=1S/C11H22N2O/c12-11-2-1-5-13(8-11)6-3-10-4-7-14-9-10/h10-11H,1-9,12H2. The Morgan fingerprint density at radius 2 is 2.29 bits per heavy atom. The second kappa shape index (κ2) is 5.10. The molecule has 2 fully saturated rings. The van der Waals surface area contributed by atoms with Gasteiger partial charge in [-0.15, -0.1) is 0 Å². The van der Waals surface area contributed by atoms with Gasteiger partial charge in [-0.05, 0) is 44.7 Å². The fraction of sp³-hybridized carbons (Fsp3) is 1.00. The van der Waals surface area contributed by atoms with E-state index in [0.717, 1.165) is 25.7 Å². The number of hydrogen-bond acceptors (Lipinski definition) is 3. The van der Waals surface area contributed by atoms with Crippen LogP contribution in [0.25, 0.3) is 0 Å². The van der Waals surface area contributed by atoms with Crippen LogP contribution in [-0.2, 0) is 4.74 Å². The van der Waals surface area contributed by atoms with Gasteiger partial charge in [-0.1, -0.05) is 0 Å². The monoisotopic (exact) mass is 198 g/mol. The van der Waals surface area contributed by atoms with Gasteiger partial charge in [0.25, 0.3) is 0 Å². The normalized spacial score (nSPS) is 34.9. The lowest BCUT2D eigenvalue weighted by atomic mass is 10.0. The molecular formula is C11H22N2O. The highest BCUT2D eigenvalue weighted by Crippen LogP contribution is 2.18. The van der Waals surface area contributed by atoms with Crippen molar-refractivity contribution in [1.82, 2.24) is 4.90 Å². The van der Waals surface area contributed by atoms with Crippen LogP contribution in [-0.4, -0.2) is 43.8 Å². The fourth-order valence-corrected chi connectivity index (χ4v) is 2.47. The average molecular weight is 198 g/mol. The van der Waals surface area contributed by atoms with E-state index in [4.69, 9.17) is 10.5 Å². The summed E-state index contributed by atoms with van der Waals surface area (Å²) in [4.78, 5) is 2.52. The summed E-state index contributed by atoms with van der Waals surface area (Å²) >= 11 is 0. The molecule has 0 amide bonds. The predicted octanol–water partition coefficient (Wildman–Crippen LogP) is 0.836. The first-order chi connectivity index (χ1) is 6.84. The molecule has 2 aliphatic rings. The van der Waals surface area contributed by atoms with E-state index >= 15 is 0 Å². The van der Waals surface area contributed by atoms with Gasteiger partial charge in [0.1, 0.15) is 0 Å². The summed E-state index contributed by atoms with van der Waals surface area (Å²) in [7, 11) is 0. The maximum atomic E-state index is 5.94. The van der Waals surface area contributed by atoms with Crippen LogP contribution in [0.5, 0.6) is 0 Å². The molecule has 2 rings (SSSR count). The Balaban J connectivity index is 1.64. The Morgan fingerprint density at radius 3 is 3.00 bits per heavy atom. The minimum atomic E-state index is 0.420. The molecule has 0 saturated carbocycles. The quantitative estimate of drug-likeness (QED) is 0.730. The molecule has 2 saturated heterocycles. The first kappa shape index (κ1) is 10.4. The SMILES string of the molecule is NC1CCCN(CCC2CCOC2)C1. The van der Waals surface area contributed by atoms with Gasteiger partial charge >= 0.3 is 0 Å². The second-order valence-electron chi connectivity index (χ2n) is 4.72. The van der Waals surface area contributed by atoms with Gasteiger partial charge in [0, 0.05) is 25.8 Å². The van der Waals surface area contributed by atoms with Crippen molar-refractivity contribution in [3.05, 3.63) is 0 Å². The molecule has 0 aromatic carbocycles. The third-order valence-corrected chi connectivity index (χ3v) is 3.42. The Morgan fingerprint density at radius 1 is 1.36 bits per heavy atom. The number of nitrogens with zero attached hydrogens (tertiary/aromatic N) is 1. The van der Waals surface area contributed by atoms with Gasteiger partial charge in [-0.25, -0.2) is 0 Å². The Kier molecular flexibility index (Phi) is 3.79. The number of piperidine rings is 1. The Bertz CT molecular complexity index is 169. The van der Waals surface area contributed by atoms with Crippen molar-refractivity contribution in [2.24, 2.45) is 11.7 Å². The Hall–Kier alpha value is -0.120. The van der Waals surface area contributed by atoms with E-state index < -0.39 is 0 Å². The van der Waals surface area contributed by atoms with Crippen LogP contribution in [0.3, 0.4) is 0 Å². The maximum absolute atomic E-state index is 5.94. The maximum Gasteiger partial charge on any atom is 0.0495 e. The van der Waals surface area contributed by atoms with Crippen LogP contribution in [0.1, 0.15) is 25.7 Å². The molecule has 0 aliphatic carbocycles. The molecule has 0 radical (unpaired) electrons. The zero-order valence-electron chi connectivity index (χ0n) is 8.95. The summed E-state index contributed by atoms with van der Waals surface area (Å²) < 4.78 is 5.37. The molecule has 0 bridgehead atoms. The van der Waals surface area contributed by atoms with Crippen LogP contribution >= 0.6 is 0 Å². The molecule has 14 heavy (non-hydrogen) atoms. The molecule has 0 aromatic rings. The van der Waals surface area contributed by atoms with E-state index in [1.165, 1.54) is 38.8 Å². The van der Waals surface area contributed by atoms with Gasteiger partial charge in [0.05, 0.1) is 0 Å². The third kappa shape index (κ3) is 2.94. The van der Waals surface area contributed by atoms with Crippen molar-refractivity contribution < 1.29 is 4.74 Å². The van der Waals surface area contributed by atoms with Crippen molar-refractivity contribution >= 4 is 0 Å². The fourth-order valence-electron chi connectivity index (χ4n) is 2.47. The highest BCUT2D eigenvalue weighted by Gasteiger charge is 2.19. The van der Waals surface area contributed by atoms with Crippen molar-refractivity contribution in [2.45, 2.75) is 31.7 Å². The number of nitrogens with two attached hydrogens (primary N) is 1. The van der Waals surface area contributed by atoms with Crippen molar-refractivity contribution in [3.63, 3.8) is 0 Å². The third-order valence-electron chi connectivity index (χ3n) is 3.42. The zero-order chi connectivity index (χ0) is 9.80. The van der Waals surface area contributed by atoms with Crippen molar-refractivity contribution in [1.29, 1.82) is 0 Å². The summed E-state index contributed by atoms with van der Waals surface area (Å²) in [5.74, 6) is 0.813. The molecule has 3 heteroatoms. The van der Waals surface area contributed by atoms with Crippen LogP contribution in [0, 0.1) is 5.92 Å². The summed E-state index contributed by atoms with van der Waals surface area (Å²) in [5.41, 5.74) is 5.94. The minimum Gasteiger partial charge on any atom is -0.381 e. The first-order valence-corrected chi connectivity index (χ1v) is 5.90. The number of likely N-dealkylation sites (tertiary alicyclic amines) is 1. The summed E-state index contributed by atoms with van der Waals surface area (Å²) in [6.07, 6.45) is 5.05. The minimum absolute atomic E-state index is 0.420. The highest BCUT2D eigenvalue weighted by atomic mass is 16.5. The molecule has 2 unspecified atom stereocenters. The van der Waals surface area contributed by atoms with Crippen LogP contribution in [0.4, 0.5) is 0 Å². The van der Waals surface area contributed by atoms with E-state index in [9.17, 15) is 0 Å². The number of ether oxygens (including phenoxy) is 1.